The van der Waals surface area contributed by atoms with Gasteiger partial charge in [-0.1, -0.05) is 24.3 Å². The molecule has 0 fully saturated rings. The third kappa shape index (κ3) is 7.68. The molecule has 0 aliphatic heterocycles. The summed E-state index contributed by atoms with van der Waals surface area (Å²) in [5.41, 5.74) is 1.63. The quantitative estimate of drug-likeness (QED) is 0.603. The molecule has 0 aromatic heterocycles. The van der Waals surface area contributed by atoms with E-state index in [4.69, 9.17) is 10.0 Å². The Morgan fingerprint density at radius 2 is 1.81 bits per heavy atom. The van der Waals surface area contributed by atoms with Crippen molar-refractivity contribution >= 4 is 12.6 Å². The fourth-order valence-electron chi connectivity index (χ4n) is 1.28. The van der Waals surface area contributed by atoms with Gasteiger partial charge in [0.15, 0.2) is 0 Å². The molecule has 1 aromatic rings. The van der Waals surface area contributed by atoms with E-state index in [0.29, 0.717) is 5.46 Å². The molecule has 0 bridgehead atoms. The van der Waals surface area contributed by atoms with Crippen molar-refractivity contribution in [1.82, 2.24) is 0 Å². The van der Waals surface area contributed by atoms with Gasteiger partial charge in [0.2, 0.25) is 0 Å². The second-order valence-electron chi connectivity index (χ2n) is 3.52. The van der Waals surface area contributed by atoms with Gasteiger partial charge in [-0.2, -0.15) is 0 Å². The molecule has 0 atom stereocenters. The second kappa shape index (κ2) is 10.3. The van der Waals surface area contributed by atoms with Gasteiger partial charge in [-0.3, -0.25) is 0 Å². The first-order chi connectivity index (χ1) is 6.59. The number of hydrogen-bond donors (Lipinski definition) is 2. The largest absolute Gasteiger partial charge is 0.488 e. The van der Waals surface area contributed by atoms with Gasteiger partial charge in [-0.25, -0.2) is 0 Å². The van der Waals surface area contributed by atoms with Gasteiger partial charge >= 0.3 is 7.12 Å². The van der Waals surface area contributed by atoms with E-state index < -0.39 is 7.12 Å². The molecule has 0 heterocycles. The summed E-state index contributed by atoms with van der Waals surface area (Å²) in [5, 5.41) is 17.9. The molecule has 1 rings (SSSR count). The Kier molecular flexibility index (Phi) is 12.8. The first-order valence-electron chi connectivity index (χ1n) is 4.70. The van der Waals surface area contributed by atoms with Crippen molar-refractivity contribution in [3.8, 4) is 0 Å². The van der Waals surface area contributed by atoms with Crippen molar-refractivity contribution in [2.45, 2.75) is 12.8 Å². The molecule has 2 radical (unpaired) electrons. The zero-order valence-electron chi connectivity index (χ0n) is 9.34. The van der Waals surface area contributed by atoms with Gasteiger partial charge in [0.1, 0.15) is 0 Å². The standard InChI is InChI=1S/C11H15BO2.2Y/c1-9(2)6-7-10-4-3-5-11(8-10)12(13)14;;/h3-5,8-9,13-14H,1-2,6-7H2;;/q-2;;. The van der Waals surface area contributed by atoms with Crippen molar-refractivity contribution in [3.05, 3.63) is 43.7 Å². The Labute approximate surface area is 149 Å². The minimum atomic E-state index is -1.38. The summed E-state index contributed by atoms with van der Waals surface area (Å²) in [7, 11) is -1.38. The summed E-state index contributed by atoms with van der Waals surface area (Å²) in [6, 6.07) is 7.28. The molecule has 0 aliphatic rings. The third-order valence-corrected chi connectivity index (χ3v) is 2.09. The molecule has 1 aromatic carbocycles. The Bertz CT molecular complexity index is 293. The Hall–Kier alpha value is 1.41. The molecule has 16 heavy (non-hydrogen) atoms. The molecule has 0 saturated carbocycles. The summed E-state index contributed by atoms with van der Waals surface area (Å²) in [5.74, 6) is 0.178. The third-order valence-electron chi connectivity index (χ3n) is 2.09. The molecular formula is C11H15BO2Y2-2. The van der Waals surface area contributed by atoms with Crippen LogP contribution in [-0.2, 0) is 71.8 Å². The predicted molar refractivity (Wildman–Crippen MR) is 58.8 cm³/mol. The summed E-state index contributed by atoms with van der Waals surface area (Å²) in [4.78, 5) is 0. The van der Waals surface area contributed by atoms with Gasteiger partial charge < -0.3 is 29.8 Å². The fourth-order valence-corrected chi connectivity index (χ4v) is 1.28. The molecule has 82 valence electrons. The minimum absolute atomic E-state index is 0. The van der Waals surface area contributed by atoms with Gasteiger partial charge in [0, 0.05) is 65.4 Å². The molecule has 0 unspecified atom stereocenters. The zero-order valence-corrected chi connectivity index (χ0v) is 15.0. The molecule has 2 nitrogen and oxygen atoms in total. The van der Waals surface area contributed by atoms with Crippen LogP contribution in [0.5, 0.6) is 0 Å². The van der Waals surface area contributed by atoms with Crippen molar-refractivity contribution < 1.29 is 75.5 Å². The summed E-state index contributed by atoms with van der Waals surface area (Å²) in [6.45, 7) is 7.60. The Balaban J connectivity index is 0. The van der Waals surface area contributed by atoms with Crippen LogP contribution in [0, 0.1) is 19.8 Å². The Morgan fingerprint density at radius 1 is 1.19 bits per heavy atom. The summed E-state index contributed by atoms with van der Waals surface area (Å²) < 4.78 is 0. The second-order valence-corrected chi connectivity index (χ2v) is 3.52. The van der Waals surface area contributed by atoms with Crippen LogP contribution >= 0.6 is 0 Å². The fraction of sp³-hybridized carbons (Fsp3) is 0.273. The number of rotatable bonds is 4. The summed E-state index contributed by atoms with van der Waals surface area (Å²) >= 11 is 0. The first kappa shape index (κ1) is 19.7. The van der Waals surface area contributed by atoms with Gasteiger partial charge in [-0.05, 0) is 17.4 Å². The van der Waals surface area contributed by atoms with Crippen LogP contribution in [0.4, 0.5) is 0 Å². The monoisotopic (exact) mass is 368 g/mol. The first-order valence-corrected chi connectivity index (χ1v) is 4.70. The average Bonchev–Trinajstić information content (AvgIpc) is 2.15. The van der Waals surface area contributed by atoms with Crippen LogP contribution in [0.1, 0.15) is 12.0 Å². The van der Waals surface area contributed by atoms with E-state index in [1.165, 1.54) is 0 Å². The van der Waals surface area contributed by atoms with E-state index in [2.05, 4.69) is 13.8 Å². The topological polar surface area (TPSA) is 40.5 Å². The van der Waals surface area contributed by atoms with E-state index >= 15 is 0 Å². The molecule has 0 amide bonds. The Morgan fingerprint density at radius 3 is 2.31 bits per heavy atom. The van der Waals surface area contributed by atoms with Crippen molar-refractivity contribution in [1.29, 1.82) is 0 Å². The summed E-state index contributed by atoms with van der Waals surface area (Å²) in [6.07, 6.45) is 1.78. The number of hydrogen-bond acceptors (Lipinski definition) is 2. The van der Waals surface area contributed by atoms with Crippen LogP contribution in [0.3, 0.4) is 0 Å². The van der Waals surface area contributed by atoms with Gasteiger partial charge in [0.25, 0.3) is 0 Å². The smallest absolute Gasteiger partial charge is 0.423 e. The van der Waals surface area contributed by atoms with Gasteiger partial charge in [-0.15, -0.1) is 6.42 Å². The maximum Gasteiger partial charge on any atom is 0.488 e. The molecule has 2 N–H and O–H groups in total. The average molecular weight is 368 g/mol. The normalized spacial score (nSPS) is 9.31. The molecule has 5 heteroatoms. The molecular weight excluding hydrogens is 353 g/mol. The molecule has 0 spiro atoms. The van der Waals surface area contributed by atoms with E-state index in [0.717, 1.165) is 18.4 Å². The van der Waals surface area contributed by atoms with E-state index in [1.807, 2.05) is 12.1 Å². The van der Waals surface area contributed by atoms with Crippen LogP contribution in [0.25, 0.3) is 0 Å². The molecule has 0 saturated heterocycles. The van der Waals surface area contributed by atoms with Crippen molar-refractivity contribution in [2.24, 2.45) is 5.92 Å². The SMILES string of the molecule is [CH2-]C([CH2-])CCc1cccc(B(O)O)c1.[Y].[Y]. The van der Waals surface area contributed by atoms with Crippen LogP contribution in [-0.4, -0.2) is 17.2 Å². The van der Waals surface area contributed by atoms with E-state index in [1.54, 1.807) is 12.1 Å². The van der Waals surface area contributed by atoms with Crippen molar-refractivity contribution in [3.63, 3.8) is 0 Å². The zero-order chi connectivity index (χ0) is 10.6. The maximum atomic E-state index is 8.96. The van der Waals surface area contributed by atoms with Crippen LogP contribution in [0.15, 0.2) is 24.3 Å². The number of benzene rings is 1. The van der Waals surface area contributed by atoms with Gasteiger partial charge in [0.05, 0.1) is 0 Å². The van der Waals surface area contributed by atoms with Crippen molar-refractivity contribution in [2.75, 3.05) is 0 Å². The molecule has 0 aliphatic carbocycles. The van der Waals surface area contributed by atoms with E-state index in [9.17, 15) is 0 Å². The van der Waals surface area contributed by atoms with E-state index in [-0.39, 0.29) is 71.3 Å². The minimum Gasteiger partial charge on any atom is -0.423 e. The number of aryl methyl sites for hydroxylation is 1. The maximum absolute atomic E-state index is 8.96. The van der Waals surface area contributed by atoms with Crippen LogP contribution < -0.4 is 5.46 Å². The predicted octanol–water partition coefficient (Wildman–Crippen LogP) is 0.578. The van der Waals surface area contributed by atoms with Crippen LogP contribution in [0.2, 0.25) is 0 Å².